The smallest absolute Gasteiger partial charge is 0.340 e. The van der Waals surface area contributed by atoms with Gasteiger partial charge in [-0.15, -0.1) is 0 Å². The molecule has 30 heavy (non-hydrogen) atoms. The molecule has 1 aromatic rings. The minimum absolute atomic E-state index is 0.0396. The molecule has 3 aliphatic heterocycles. The van der Waals surface area contributed by atoms with Crippen LogP contribution in [0, 0.1) is 10.8 Å². The molecule has 0 amide bonds. The number of carbonyl (C=O) groups is 1. The lowest BCUT2D eigenvalue weighted by molar-refractivity contribution is -0.258. The fourth-order valence-corrected chi connectivity index (χ4v) is 4.93. The van der Waals surface area contributed by atoms with Gasteiger partial charge in [0.15, 0.2) is 23.7 Å². The highest BCUT2D eigenvalue weighted by molar-refractivity contribution is 6.43. The van der Waals surface area contributed by atoms with Crippen molar-refractivity contribution < 1.29 is 24.9 Å². The lowest BCUT2D eigenvalue weighted by atomic mass is 9.85. The molecule has 1 spiro atoms. The zero-order valence-corrected chi connectivity index (χ0v) is 17.1. The fourth-order valence-electron chi connectivity index (χ4n) is 4.55. The SMILES string of the molecule is C[C@H]1[C@H](OC(=O)c2cccc(Cl)c2Cl)C(O)(O)[C@]23NC(=N)N[C@H]2[C@H](CO)NC(=N)N13. The first-order chi connectivity index (χ1) is 14.1. The van der Waals surface area contributed by atoms with E-state index in [9.17, 15) is 20.1 Å². The van der Waals surface area contributed by atoms with Crippen molar-refractivity contribution in [3.8, 4) is 0 Å². The van der Waals surface area contributed by atoms with E-state index in [2.05, 4.69) is 16.0 Å². The number of nitrogens with one attached hydrogen (secondary N) is 5. The van der Waals surface area contributed by atoms with Crippen LogP contribution in [0.25, 0.3) is 0 Å². The summed E-state index contributed by atoms with van der Waals surface area (Å²) in [6.45, 7) is 1.10. The van der Waals surface area contributed by atoms with Gasteiger partial charge in [-0.05, 0) is 19.1 Å². The van der Waals surface area contributed by atoms with Crippen LogP contribution in [-0.4, -0.2) is 80.4 Å². The minimum Gasteiger partial charge on any atom is -0.451 e. The van der Waals surface area contributed by atoms with E-state index in [1.807, 2.05) is 0 Å². The van der Waals surface area contributed by atoms with Crippen LogP contribution in [0.4, 0.5) is 0 Å². The Kier molecular flexibility index (Phi) is 4.79. The number of ether oxygens (including phenoxy) is 1. The molecule has 1 aromatic carbocycles. The van der Waals surface area contributed by atoms with E-state index < -0.39 is 48.3 Å². The van der Waals surface area contributed by atoms with Crippen molar-refractivity contribution in [3.05, 3.63) is 33.8 Å². The lowest BCUT2D eigenvalue weighted by Gasteiger charge is -2.51. The summed E-state index contributed by atoms with van der Waals surface area (Å²) in [7, 11) is 0. The predicted molar refractivity (Wildman–Crippen MR) is 106 cm³/mol. The number of aliphatic hydroxyl groups is 3. The van der Waals surface area contributed by atoms with Gasteiger partial charge in [-0.2, -0.15) is 0 Å². The zero-order chi connectivity index (χ0) is 22.0. The van der Waals surface area contributed by atoms with Crippen LogP contribution in [0.1, 0.15) is 17.3 Å². The van der Waals surface area contributed by atoms with Crippen molar-refractivity contribution >= 4 is 41.1 Å². The van der Waals surface area contributed by atoms with Crippen molar-refractivity contribution in [2.24, 2.45) is 0 Å². The van der Waals surface area contributed by atoms with Crippen LogP contribution < -0.4 is 16.0 Å². The Bertz CT molecular complexity index is 945. The monoisotopic (exact) mass is 458 g/mol. The molecule has 4 rings (SSSR count). The summed E-state index contributed by atoms with van der Waals surface area (Å²) in [5.41, 5.74) is -1.90. The number of benzene rings is 1. The third-order valence-electron chi connectivity index (χ3n) is 5.82. The lowest BCUT2D eigenvalue weighted by Crippen LogP contribution is -2.81. The van der Waals surface area contributed by atoms with Gasteiger partial charge in [0.05, 0.1) is 40.3 Å². The molecule has 3 fully saturated rings. The van der Waals surface area contributed by atoms with E-state index in [4.69, 9.17) is 38.8 Å². The summed E-state index contributed by atoms with van der Waals surface area (Å²) in [5, 5.41) is 56.8. The van der Waals surface area contributed by atoms with Crippen LogP contribution in [0.5, 0.6) is 0 Å². The van der Waals surface area contributed by atoms with Crippen LogP contribution in [0.3, 0.4) is 0 Å². The molecule has 3 aliphatic rings. The third kappa shape index (κ3) is 2.59. The van der Waals surface area contributed by atoms with Gasteiger partial charge in [0.25, 0.3) is 0 Å². The molecule has 8 N–H and O–H groups in total. The first kappa shape index (κ1) is 20.9. The fraction of sp³-hybridized carbons (Fsp3) is 0.471. The highest BCUT2D eigenvalue weighted by Crippen LogP contribution is 2.47. The molecule has 0 radical (unpaired) electrons. The van der Waals surface area contributed by atoms with Gasteiger partial charge in [0.1, 0.15) is 0 Å². The van der Waals surface area contributed by atoms with Crippen LogP contribution in [0.2, 0.25) is 10.0 Å². The van der Waals surface area contributed by atoms with Gasteiger partial charge in [0, 0.05) is 0 Å². The molecule has 0 aliphatic carbocycles. The average molecular weight is 459 g/mol. The zero-order valence-electron chi connectivity index (χ0n) is 15.6. The Hall–Kier alpha value is -2.31. The summed E-state index contributed by atoms with van der Waals surface area (Å²) in [6, 6.07) is 1.74. The number of halogens is 2. The Balaban J connectivity index is 1.75. The Morgan fingerprint density at radius 2 is 2.00 bits per heavy atom. The van der Waals surface area contributed by atoms with Gasteiger partial charge in [0.2, 0.25) is 5.79 Å². The van der Waals surface area contributed by atoms with Gasteiger partial charge in [-0.1, -0.05) is 29.3 Å². The quantitative estimate of drug-likeness (QED) is 0.208. The molecule has 162 valence electrons. The molecule has 0 aromatic heterocycles. The number of esters is 1. The van der Waals surface area contributed by atoms with Crippen molar-refractivity contribution in [2.75, 3.05) is 6.61 Å². The summed E-state index contributed by atoms with van der Waals surface area (Å²) in [5.74, 6) is -4.15. The second-order valence-electron chi connectivity index (χ2n) is 7.43. The maximum absolute atomic E-state index is 12.8. The summed E-state index contributed by atoms with van der Waals surface area (Å²) < 4.78 is 5.46. The van der Waals surface area contributed by atoms with Crippen LogP contribution in [-0.2, 0) is 4.74 Å². The van der Waals surface area contributed by atoms with Crippen molar-refractivity contribution in [2.45, 2.75) is 42.6 Å². The number of hydrogen-bond acceptors (Lipinski definition) is 7. The highest BCUT2D eigenvalue weighted by atomic mass is 35.5. The number of rotatable bonds is 3. The Morgan fingerprint density at radius 3 is 2.67 bits per heavy atom. The molecular weight excluding hydrogens is 439 g/mol. The molecular formula is C17H20Cl2N6O5. The van der Waals surface area contributed by atoms with E-state index in [-0.39, 0.29) is 27.5 Å². The van der Waals surface area contributed by atoms with Crippen LogP contribution >= 0.6 is 23.2 Å². The molecule has 0 saturated carbocycles. The van der Waals surface area contributed by atoms with Crippen molar-refractivity contribution in [1.82, 2.24) is 20.9 Å². The van der Waals surface area contributed by atoms with E-state index in [0.717, 1.165) is 0 Å². The second-order valence-corrected chi connectivity index (χ2v) is 8.22. The summed E-state index contributed by atoms with van der Waals surface area (Å²) in [4.78, 5) is 14.1. The second kappa shape index (κ2) is 6.86. The molecule has 3 saturated heterocycles. The van der Waals surface area contributed by atoms with Gasteiger partial charge in [-0.25, -0.2) is 4.79 Å². The largest absolute Gasteiger partial charge is 0.451 e. The summed E-state index contributed by atoms with van der Waals surface area (Å²) >= 11 is 12.0. The van der Waals surface area contributed by atoms with Crippen molar-refractivity contribution in [1.29, 1.82) is 10.8 Å². The molecule has 5 atom stereocenters. The van der Waals surface area contributed by atoms with Gasteiger partial charge >= 0.3 is 5.97 Å². The van der Waals surface area contributed by atoms with E-state index >= 15 is 0 Å². The first-order valence-corrected chi connectivity index (χ1v) is 9.80. The Morgan fingerprint density at radius 1 is 1.30 bits per heavy atom. The van der Waals surface area contributed by atoms with Gasteiger partial charge < -0.3 is 40.9 Å². The number of hydrogen-bond donors (Lipinski definition) is 8. The average Bonchev–Trinajstić information content (AvgIpc) is 3.11. The standard InChI is InChI=1S/C17H20Cl2N6O5/c1-6-12(30-13(27)7-3-2-4-8(18)10(7)19)17(28,29)16-11(23-14(20)24-16)9(5-26)22-15(21)25(6)16/h2-4,6,9,11-12,26,28-29H,5H2,1H3,(H2,21,22)(H3,20,23,24)/t6-,9-,11-,12-,16-/m0/s1. The number of guanidine groups is 2. The molecule has 3 heterocycles. The highest BCUT2D eigenvalue weighted by Gasteiger charge is 2.77. The maximum atomic E-state index is 12.8. The predicted octanol–water partition coefficient (Wildman–Crippen LogP) is -1.00. The molecule has 13 heteroatoms. The van der Waals surface area contributed by atoms with E-state index in [1.54, 1.807) is 6.92 Å². The van der Waals surface area contributed by atoms with Gasteiger partial charge in [-0.3, -0.25) is 10.8 Å². The Labute approximate surface area is 180 Å². The summed E-state index contributed by atoms with van der Waals surface area (Å²) in [6.07, 6.45) is -1.54. The van der Waals surface area contributed by atoms with Crippen molar-refractivity contribution in [3.63, 3.8) is 0 Å². The topological polar surface area (TPSA) is 174 Å². The molecule has 11 nitrogen and oxygen atoms in total. The third-order valence-corrected chi connectivity index (χ3v) is 6.64. The first-order valence-electron chi connectivity index (χ1n) is 9.04. The van der Waals surface area contributed by atoms with E-state index in [0.29, 0.717) is 0 Å². The molecule has 0 unspecified atom stereocenters. The number of carbonyl (C=O) groups excluding carboxylic acids is 1. The minimum atomic E-state index is -2.75. The molecule has 0 bridgehead atoms. The number of nitrogens with zero attached hydrogens (tertiary/aromatic N) is 1. The normalized spacial score (nSPS) is 33.9. The number of aliphatic hydroxyl groups excluding tert-OH is 1. The maximum Gasteiger partial charge on any atom is 0.340 e. The van der Waals surface area contributed by atoms with E-state index in [1.165, 1.54) is 23.1 Å². The van der Waals surface area contributed by atoms with Crippen LogP contribution in [0.15, 0.2) is 18.2 Å².